The molecule has 1 aromatic rings. The molecule has 0 spiro atoms. The van der Waals surface area contributed by atoms with Gasteiger partial charge in [0.15, 0.2) is 5.11 Å². The minimum Gasteiger partial charge on any atom is -0.497 e. The molecule has 0 unspecified atom stereocenters. The van der Waals surface area contributed by atoms with Gasteiger partial charge in [-0.3, -0.25) is 0 Å². The van der Waals surface area contributed by atoms with Gasteiger partial charge in [0.2, 0.25) is 10.0 Å². The molecular formula is C19H29N3O4S2. The number of thiocarbonyl (C=S) groups is 1. The predicted molar refractivity (Wildman–Crippen MR) is 112 cm³/mol. The molecule has 28 heavy (non-hydrogen) atoms. The van der Waals surface area contributed by atoms with Crippen LogP contribution in [-0.4, -0.2) is 69.2 Å². The summed E-state index contributed by atoms with van der Waals surface area (Å²) < 4.78 is 38.2. The van der Waals surface area contributed by atoms with Crippen LogP contribution in [0.3, 0.4) is 0 Å². The van der Waals surface area contributed by atoms with Crippen LogP contribution in [0, 0.1) is 0 Å². The number of nitrogens with zero attached hydrogens (tertiary/aromatic N) is 2. The zero-order valence-electron chi connectivity index (χ0n) is 16.5. The Morgan fingerprint density at radius 1 is 1.07 bits per heavy atom. The van der Waals surface area contributed by atoms with E-state index in [4.69, 9.17) is 21.7 Å². The lowest BCUT2D eigenvalue weighted by Crippen LogP contribution is -2.54. The summed E-state index contributed by atoms with van der Waals surface area (Å²) in [5.41, 5.74) is 0. The summed E-state index contributed by atoms with van der Waals surface area (Å²) in [5, 5.41) is 4.20. The van der Waals surface area contributed by atoms with E-state index in [-0.39, 0.29) is 4.90 Å². The summed E-state index contributed by atoms with van der Waals surface area (Å²) in [5.74, 6) is 0.800. The number of hydrogen-bond donors (Lipinski definition) is 1. The Morgan fingerprint density at radius 3 is 2.36 bits per heavy atom. The van der Waals surface area contributed by atoms with E-state index in [1.54, 1.807) is 12.1 Å². The minimum atomic E-state index is -3.68. The van der Waals surface area contributed by atoms with Crippen molar-refractivity contribution in [1.29, 1.82) is 0 Å². The van der Waals surface area contributed by atoms with Crippen LogP contribution in [0.1, 0.15) is 32.1 Å². The summed E-state index contributed by atoms with van der Waals surface area (Å²) in [4.78, 5) is 2.20. The summed E-state index contributed by atoms with van der Waals surface area (Å²) in [6, 6.07) is 5.26. The second-order valence-electron chi connectivity index (χ2n) is 7.19. The highest BCUT2D eigenvalue weighted by Gasteiger charge is 2.32. The number of nitrogens with one attached hydrogen (secondary N) is 1. The average molecular weight is 428 g/mol. The van der Waals surface area contributed by atoms with Crippen molar-refractivity contribution in [3.8, 4) is 11.5 Å². The fourth-order valence-corrected chi connectivity index (χ4v) is 5.71. The Balaban J connectivity index is 1.64. The van der Waals surface area contributed by atoms with Gasteiger partial charge in [-0.05, 0) is 37.2 Å². The SMILES string of the molecule is COc1ccc(OC)c(S(=O)(=O)N2CCN(C(=S)NC3CCCCC3)CC2)c1. The first-order valence-electron chi connectivity index (χ1n) is 9.73. The van der Waals surface area contributed by atoms with Crippen molar-refractivity contribution in [2.75, 3.05) is 40.4 Å². The third-order valence-electron chi connectivity index (χ3n) is 5.45. The van der Waals surface area contributed by atoms with Crippen LogP contribution in [0.4, 0.5) is 0 Å². The van der Waals surface area contributed by atoms with Crippen LogP contribution < -0.4 is 14.8 Å². The number of hydrogen-bond acceptors (Lipinski definition) is 5. The Hall–Kier alpha value is -1.58. The maximum atomic E-state index is 13.2. The topological polar surface area (TPSA) is 71.1 Å². The predicted octanol–water partition coefficient (Wildman–Crippen LogP) is 2.22. The molecule has 156 valence electrons. The zero-order valence-corrected chi connectivity index (χ0v) is 18.2. The van der Waals surface area contributed by atoms with Crippen LogP contribution >= 0.6 is 12.2 Å². The maximum Gasteiger partial charge on any atom is 0.247 e. The molecule has 7 nitrogen and oxygen atoms in total. The first-order valence-corrected chi connectivity index (χ1v) is 11.6. The maximum absolute atomic E-state index is 13.2. The quantitative estimate of drug-likeness (QED) is 0.723. The molecule has 1 saturated carbocycles. The second-order valence-corrected chi connectivity index (χ2v) is 9.49. The molecule has 1 aliphatic heterocycles. The van der Waals surface area contributed by atoms with Crippen molar-refractivity contribution in [3.05, 3.63) is 18.2 Å². The van der Waals surface area contributed by atoms with Gasteiger partial charge in [-0.25, -0.2) is 8.42 Å². The van der Waals surface area contributed by atoms with E-state index in [0.717, 1.165) is 18.0 Å². The van der Waals surface area contributed by atoms with Gasteiger partial charge in [0.25, 0.3) is 0 Å². The fraction of sp³-hybridized carbons (Fsp3) is 0.632. The molecule has 0 amide bonds. The molecule has 0 radical (unpaired) electrons. The lowest BCUT2D eigenvalue weighted by molar-refractivity contribution is 0.259. The van der Waals surface area contributed by atoms with Gasteiger partial charge >= 0.3 is 0 Å². The molecule has 1 aliphatic carbocycles. The minimum absolute atomic E-state index is 0.130. The third-order valence-corrected chi connectivity index (χ3v) is 7.74. The number of piperazine rings is 1. The lowest BCUT2D eigenvalue weighted by atomic mass is 9.96. The molecule has 2 aliphatic rings. The van der Waals surface area contributed by atoms with Crippen LogP contribution in [0.5, 0.6) is 11.5 Å². The van der Waals surface area contributed by atoms with Crippen molar-refractivity contribution in [1.82, 2.24) is 14.5 Å². The summed E-state index contributed by atoms with van der Waals surface area (Å²) in [7, 11) is -0.698. The lowest BCUT2D eigenvalue weighted by Gasteiger charge is -2.37. The van der Waals surface area contributed by atoms with Gasteiger partial charge in [-0.15, -0.1) is 0 Å². The van der Waals surface area contributed by atoms with E-state index >= 15 is 0 Å². The molecule has 3 rings (SSSR count). The number of ether oxygens (including phenoxy) is 2. The van der Waals surface area contributed by atoms with E-state index < -0.39 is 10.0 Å². The standard InChI is InChI=1S/C19H29N3O4S2/c1-25-16-8-9-17(26-2)18(14-16)28(23,24)22-12-10-21(11-13-22)19(27)20-15-6-4-3-5-7-15/h8-9,14-15H,3-7,10-13H2,1-2H3,(H,20,27). The molecule has 0 aromatic heterocycles. The summed E-state index contributed by atoms with van der Waals surface area (Å²) in [6.45, 7) is 1.92. The van der Waals surface area contributed by atoms with Crippen molar-refractivity contribution >= 4 is 27.4 Å². The van der Waals surface area contributed by atoms with Crippen molar-refractivity contribution in [2.24, 2.45) is 0 Å². The zero-order chi connectivity index (χ0) is 20.1. The summed E-state index contributed by atoms with van der Waals surface area (Å²) in [6.07, 6.45) is 6.10. The van der Waals surface area contributed by atoms with Crippen molar-refractivity contribution in [3.63, 3.8) is 0 Å². The van der Waals surface area contributed by atoms with Crippen LogP contribution in [-0.2, 0) is 10.0 Å². The van der Waals surface area contributed by atoms with Gasteiger partial charge in [0, 0.05) is 38.3 Å². The number of benzene rings is 1. The van der Waals surface area contributed by atoms with Gasteiger partial charge in [0.05, 0.1) is 14.2 Å². The second kappa shape index (κ2) is 9.28. The van der Waals surface area contributed by atoms with Crippen molar-refractivity contribution in [2.45, 2.75) is 43.0 Å². The highest BCUT2D eigenvalue weighted by molar-refractivity contribution is 7.89. The molecule has 1 aromatic carbocycles. The highest BCUT2D eigenvalue weighted by Crippen LogP contribution is 2.31. The molecular weight excluding hydrogens is 398 g/mol. The molecule has 0 bridgehead atoms. The average Bonchev–Trinajstić information content (AvgIpc) is 2.74. The van der Waals surface area contributed by atoms with Gasteiger partial charge in [0.1, 0.15) is 16.4 Å². The Kier molecular flexibility index (Phi) is 7.00. The Morgan fingerprint density at radius 2 is 1.75 bits per heavy atom. The van der Waals surface area contributed by atoms with Gasteiger partial charge in [-0.2, -0.15) is 4.31 Å². The van der Waals surface area contributed by atoms with Gasteiger partial charge < -0.3 is 19.7 Å². The van der Waals surface area contributed by atoms with Crippen LogP contribution in [0.25, 0.3) is 0 Å². The Labute approximate surface area is 173 Å². The number of methoxy groups -OCH3 is 2. The molecule has 0 atom stereocenters. The fourth-order valence-electron chi connectivity index (χ4n) is 3.77. The molecule has 1 heterocycles. The first-order chi connectivity index (χ1) is 13.5. The van der Waals surface area contributed by atoms with Crippen LogP contribution in [0.15, 0.2) is 23.1 Å². The van der Waals surface area contributed by atoms with E-state index in [2.05, 4.69) is 10.2 Å². The molecule has 1 N–H and O–H groups in total. The summed E-state index contributed by atoms with van der Waals surface area (Å²) >= 11 is 5.56. The van der Waals surface area contributed by atoms with E-state index in [1.807, 2.05) is 0 Å². The Bertz CT molecular complexity index is 786. The largest absolute Gasteiger partial charge is 0.497 e. The van der Waals surface area contributed by atoms with E-state index in [9.17, 15) is 8.42 Å². The smallest absolute Gasteiger partial charge is 0.247 e. The van der Waals surface area contributed by atoms with E-state index in [0.29, 0.717) is 43.7 Å². The van der Waals surface area contributed by atoms with Crippen molar-refractivity contribution < 1.29 is 17.9 Å². The first kappa shape index (κ1) is 21.1. The third kappa shape index (κ3) is 4.69. The molecule has 1 saturated heterocycles. The number of sulfonamides is 1. The van der Waals surface area contributed by atoms with Crippen LogP contribution in [0.2, 0.25) is 0 Å². The van der Waals surface area contributed by atoms with E-state index in [1.165, 1.54) is 43.9 Å². The monoisotopic (exact) mass is 427 g/mol. The van der Waals surface area contributed by atoms with Gasteiger partial charge in [-0.1, -0.05) is 19.3 Å². The molecule has 2 fully saturated rings. The number of rotatable bonds is 5. The molecule has 9 heteroatoms. The highest BCUT2D eigenvalue weighted by atomic mass is 32.2. The normalized spacial score (nSPS) is 19.3.